The van der Waals surface area contributed by atoms with E-state index in [9.17, 15) is 0 Å². The molecule has 2 aromatic heterocycles. The van der Waals surface area contributed by atoms with E-state index in [0.717, 1.165) is 44.5 Å². The first-order chi connectivity index (χ1) is 21.3. The lowest BCUT2D eigenvalue weighted by Crippen LogP contribution is -2.10. The number of benzene rings is 6. The van der Waals surface area contributed by atoms with Crippen molar-refractivity contribution >= 4 is 54.7 Å². The molecule has 0 fully saturated rings. The van der Waals surface area contributed by atoms with E-state index in [0.29, 0.717) is 24.0 Å². The Bertz CT molecular complexity index is 2410. The van der Waals surface area contributed by atoms with Crippen LogP contribution < -0.4 is 5.32 Å². The molecule has 0 unspecified atom stereocenters. The molecule has 43 heavy (non-hydrogen) atoms. The molecule has 0 atom stereocenters. The molecule has 3 heterocycles. The molecule has 202 valence electrons. The monoisotopic (exact) mass is 552 g/mol. The maximum Gasteiger partial charge on any atom is 0.202 e. The highest BCUT2D eigenvalue weighted by Gasteiger charge is 2.25. The second-order valence-electron chi connectivity index (χ2n) is 10.8. The van der Waals surface area contributed by atoms with Crippen LogP contribution in [0.3, 0.4) is 0 Å². The number of fused-ring (bicyclic) bond motifs is 8. The molecule has 0 aliphatic carbocycles. The van der Waals surface area contributed by atoms with E-state index >= 15 is 0 Å². The summed E-state index contributed by atoms with van der Waals surface area (Å²) in [7, 11) is 0. The lowest BCUT2D eigenvalue weighted by molar-refractivity contribution is 0.627. The SMILES string of the molecule is C1=C(c2nc(-c3ccccc3)nc(-c3cccc4c3ccc3ccc5ccccc5c34)n2)c2c(oc3ccccc23)NC1. The van der Waals surface area contributed by atoms with Crippen molar-refractivity contribution in [2.24, 2.45) is 0 Å². The van der Waals surface area contributed by atoms with E-state index in [4.69, 9.17) is 19.4 Å². The summed E-state index contributed by atoms with van der Waals surface area (Å²) >= 11 is 0. The van der Waals surface area contributed by atoms with E-state index in [1.807, 2.05) is 48.5 Å². The quantitative estimate of drug-likeness (QED) is 0.221. The van der Waals surface area contributed by atoms with Crippen LogP contribution in [0.5, 0.6) is 0 Å². The molecule has 5 heteroatoms. The fraction of sp³-hybridized carbons (Fsp3) is 0.0263. The second kappa shape index (κ2) is 9.36. The Morgan fingerprint density at radius 2 is 1.26 bits per heavy atom. The summed E-state index contributed by atoms with van der Waals surface area (Å²) in [5.74, 6) is 2.65. The minimum atomic E-state index is 0.622. The average Bonchev–Trinajstić information content (AvgIpc) is 3.47. The van der Waals surface area contributed by atoms with Crippen LogP contribution in [-0.2, 0) is 0 Å². The Morgan fingerprint density at radius 3 is 2.19 bits per heavy atom. The number of rotatable bonds is 3. The van der Waals surface area contributed by atoms with Gasteiger partial charge in [-0.1, -0.05) is 121 Å². The van der Waals surface area contributed by atoms with Gasteiger partial charge in [-0.2, -0.15) is 0 Å². The van der Waals surface area contributed by atoms with Gasteiger partial charge in [-0.15, -0.1) is 0 Å². The summed E-state index contributed by atoms with van der Waals surface area (Å²) in [5, 5.41) is 11.6. The third kappa shape index (κ3) is 3.75. The first-order valence-corrected chi connectivity index (χ1v) is 14.4. The van der Waals surface area contributed by atoms with Gasteiger partial charge in [0, 0.05) is 28.6 Å². The van der Waals surface area contributed by atoms with Crippen LogP contribution in [0.15, 0.2) is 132 Å². The summed E-state index contributed by atoms with van der Waals surface area (Å²) in [6, 6.07) is 42.0. The zero-order valence-electron chi connectivity index (χ0n) is 23.1. The minimum absolute atomic E-state index is 0.622. The standard InChI is InChI=1S/C38H24N4O/c1-2-10-25(11-3-1)35-40-36(42-37(41-35)31-21-22-39-38-34(31)30-13-6-7-16-32(30)43-38)29-15-8-14-28-27(29)20-19-24-18-17-23-9-4-5-12-26(23)33(24)28/h1-21,39H,22H2. The molecule has 9 rings (SSSR count). The predicted octanol–water partition coefficient (Wildman–Crippen LogP) is 9.27. The fourth-order valence-electron chi connectivity index (χ4n) is 6.38. The van der Waals surface area contributed by atoms with Crippen LogP contribution >= 0.6 is 0 Å². The first kappa shape index (κ1) is 23.9. The maximum atomic E-state index is 6.18. The molecule has 8 aromatic rings. The molecule has 1 aliphatic rings. The topological polar surface area (TPSA) is 63.8 Å². The van der Waals surface area contributed by atoms with Gasteiger partial charge in [0.1, 0.15) is 5.58 Å². The van der Waals surface area contributed by atoms with Crippen LogP contribution in [0.25, 0.3) is 71.6 Å². The van der Waals surface area contributed by atoms with Crippen LogP contribution in [0.4, 0.5) is 5.88 Å². The van der Waals surface area contributed by atoms with E-state index in [-0.39, 0.29) is 0 Å². The van der Waals surface area contributed by atoms with Crippen LogP contribution in [0.2, 0.25) is 0 Å². The Balaban J connectivity index is 1.32. The van der Waals surface area contributed by atoms with Crippen molar-refractivity contribution in [2.75, 3.05) is 11.9 Å². The van der Waals surface area contributed by atoms with E-state index < -0.39 is 0 Å². The molecule has 0 saturated heterocycles. The molecule has 5 nitrogen and oxygen atoms in total. The molecule has 1 aliphatic heterocycles. The number of nitrogens with zero attached hydrogens (tertiary/aromatic N) is 3. The van der Waals surface area contributed by atoms with Gasteiger partial charge in [0.2, 0.25) is 5.88 Å². The fourth-order valence-corrected chi connectivity index (χ4v) is 6.38. The molecule has 0 bridgehead atoms. The Kier molecular flexibility index (Phi) is 5.19. The average molecular weight is 553 g/mol. The minimum Gasteiger partial charge on any atom is -0.440 e. The van der Waals surface area contributed by atoms with Gasteiger partial charge in [0.15, 0.2) is 17.5 Å². The van der Waals surface area contributed by atoms with Gasteiger partial charge in [0.25, 0.3) is 0 Å². The number of hydrogen-bond donors (Lipinski definition) is 1. The largest absolute Gasteiger partial charge is 0.440 e. The summed E-state index contributed by atoms with van der Waals surface area (Å²) in [5.41, 5.74) is 4.67. The van der Waals surface area contributed by atoms with Gasteiger partial charge in [0.05, 0.1) is 5.56 Å². The zero-order valence-corrected chi connectivity index (χ0v) is 23.1. The Morgan fingerprint density at radius 1 is 0.535 bits per heavy atom. The highest BCUT2D eigenvalue weighted by atomic mass is 16.3. The van der Waals surface area contributed by atoms with Gasteiger partial charge >= 0.3 is 0 Å². The number of furan rings is 1. The van der Waals surface area contributed by atoms with Crippen LogP contribution in [0, 0.1) is 0 Å². The number of hydrogen-bond acceptors (Lipinski definition) is 5. The van der Waals surface area contributed by atoms with Crippen molar-refractivity contribution in [1.82, 2.24) is 15.0 Å². The maximum absolute atomic E-state index is 6.18. The second-order valence-corrected chi connectivity index (χ2v) is 10.8. The summed E-state index contributed by atoms with van der Waals surface area (Å²) in [4.78, 5) is 15.3. The molecular formula is C38H24N4O. The lowest BCUT2D eigenvalue weighted by atomic mass is 9.94. The molecule has 0 amide bonds. The van der Waals surface area contributed by atoms with Crippen molar-refractivity contribution in [2.45, 2.75) is 0 Å². The number of anilines is 1. The Hall–Kier alpha value is -5.81. The molecule has 0 saturated carbocycles. The summed E-state index contributed by atoms with van der Waals surface area (Å²) < 4.78 is 6.18. The molecule has 0 radical (unpaired) electrons. The van der Waals surface area contributed by atoms with Gasteiger partial charge in [-0.25, -0.2) is 15.0 Å². The third-order valence-corrected chi connectivity index (χ3v) is 8.35. The van der Waals surface area contributed by atoms with Crippen LogP contribution in [-0.4, -0.2) is 21.5 Å². The van der Waals surface area contributed by atoms with E-state index in [2.05, 4.69) is 84.2 Å². The molecular weight excluding hydrogens is 528 g/mol. The summed E-state index contributed by atoms with van der Waals surface area (Å²) in [6.45, 7) is 0.622. The molecule has 0 spiro atoms. The number of aromatic nitrogens is 3. The smallest absolute Gasteiger partial charge is 0.202 e. The van der Waals surface area contributed by atoms with Crippen molar-refractivity contribution in [3.05, 3.63) is 139 Å². The van der Waals surface area contributed by atoms with Gasteiger partial charge < -0.3 is 9.73 Å². The van der Waals surface area contributed by atoms with Crippen molar-refractivity contribution < 1.29 is 4.42 Å². The number of nitrogens with one attached hydrogen (secondary N) is 1. The van der Waals surface area contributed by atoms with Gasteiger partial charge in [-0.05, 0) is 38.4 Å². The van der Waals surface area contributed by atoms with Crippen molar-refractivity contribution in [3.63, 3.8) is 0 Å². The van der Waals surface area contributed by atoms with Crippen LogP contribution in [0.1, 0.15) is 11.4 Å². The number of para-hydroxylation sites is 1. The summed E-state index contributed by atoms with van der Waals surface area (Å²) in [6.07, 6.45) is 2.14. The lowest BCUT2D eigenvalue weighted by Gasteiger charge is -2.16. The highest BCUT2D eigenvalue weighted by molar-refractivity contribution is 6.22. The van der Waals surface area contributed by atoms with E-state index in [1.165, 1.54) is 26.9 Å². The Labute approximate surface area is 247 Å². The molecule has 6 aromatic carbocycles. The van der Waals surface area contributed by atoms with Gasteiger partial charge in [-0.3, -0.25) is 0 Å². The zero-order chi connectivity index (χ0) is 28.3. The normalized spacial score (nSPS) is 12.9. The first-order valence-electron chi connectivity index (χ1n) is 14.4. The molecule has 1 N–H and O–H groups in total. The third-order valence-electron chi connectivity index (χ3n) is 8.35. The predicted molar refractivity (Wildman–Crippen MR) is 175 cm³/mol. The van der Waals surface area contributed by atoms with Crippen molar-refractivity contribution in [3.8, 4) is 22.8 Å². The van der Waals surface area contributed by atoms with E-state index in [1.54, 1.807) is 0 Å². The highest BCUT2D eigenvalue weighted by Crippen LogP contribution is 2.41. The van der Waals surface area contributed by atoms with Crippen molar-refractivity contribution in [1.29, 1.82) is 0 Å².